The minimum Gasteiger partial charge on any atom is -0.452 e. The number of likely N-dealkylation sites (tertiary alicyclic amines) is 2. The molecule has 0 radical (unpaired) electrons. The highest BCUT2D eigenvalue weighted by atomic mass is 35.5. The third-order valence-electron chi connectivity index (χ3n) is 4.51. The van der Waals surface area contributed by atoms with Gasteiger partial charge in [0.05, 0.1) is 11.8 Å². The summed E-state index contributed by atoms with van der Waals surface area (Å²) in [6.07, 6.45) is 7.62. The van der Waals surface area contributed by atoms with Gasteiger partial charge in [0.2, 0.25) is 5.22 Å². The summed E-state index contributed by atoms with van der Waals surface area (Å²) in [6, 6.07) is 2.31. The molecule has 0 aliphatic carbocycles. The topological polar surface area (TPSA) is 36.7 Å². The van der Waals surface area contributed by atoms with E-state index >= 15 is 0 Å². The molecule has 110 valence electrons. The van der Waals surface area contributed by atoms with Gasteiger partial charge in [0, 0.05) is 19.1 Å². The van der Waals surface area contributed by atoms with Crippen LogP contribution in [0.1, 0.15) is 42.5 Å². The fourth-order valence-electron chi connectivity index (χ4n) is 3.33. The van der Waals surface area contributed by atoms with Crippen LogP contribution >= 0.6 is 11.6 Å². The van der Waals surface area contributed by atoms with Crippen molar-refractivity contribution >= 4 is 17.5 Å². The maximum atomic E-state index is 12.3. The molecule has 3 rings (SSSR count). The first-order valence-corrected chi connectivity index (χ1v) is 7.90. The van der Waals surface area contributed by atoms with Crippen LogP contribution in [0.3, 0.4) is 0 Å². The maximum Gasteiger partial charge on any atom is 0.258 e. The number of nitrogens with zero attached hydrogens (tertiary/aromatic N) is 2. The van der Waals surface area contributed by atoms with Crippen molar-refractivity contribution in [2.45, 2.75) is 38.1 Å². The fraction of sp³-hybridized carbons (Fsp3) is 0.667. The van der Waals surface area contributed by atoms with Gasteiger partial charge < -0.3 is 14.2 Å². The van der Waals surface area contributed by atoms with Gasteiger partial charge in [-0.1, -0.05) is 6.42 Å². The minimum absolute atomic E-state index is 0.000782. The van der Waals surface area contributed by atoms with Crippen molar-refractivity contribution < 1.29 is 9.21 Å². The normalized spacial score (nSPS) is 22.1. The Morgan fingerprint density at radius 1 is 1.15 bits per heavy atom. The number of rotatable bonds is 2. The quantitative estimate of drug-likeness (QED) is 0.842. The van der Waals surface area contributed by atoms with Gasteiger partial charge in [-0.15, -0.1) is 0 Å². The number of hydrogen-bond donors (Lipinski definition) is 0. The van der Waals surface area contributed by atoms with Crippen LogP contribution in [-0.2, 0) is 0 Å². The van der Waals surface area contributed by atoms with Crippen LogP contribution in [0.2, 0.25) is 5.22 Å². The molecule has 0 bridgehead atoms. The molecular formula is C15H21ClN2O2. The Morgan fingerprint density at radius 2 is 1.85 bits per heavy atom. The lowest BCUT2D eigenvalue weighted by Crippen LogP contribution is -2.48. The highest BCUT2D eigenvalue weighted by Crippen LogP contribution is 2.24. The van der Waals surface area contributed by atoms with E-state index < -0.39 is 0 Å². The van der Waals surface area contributed by atoms with Gasteiger partial charge in [-0.2, -0.15) is 0 Å². The Morgan fingerprint density at radius 3 is 2.45 bits per heavy atom. The lowest BCUT2D eigenvalue weighted by atomic mass is 9.99. The fourth-order valence-corrected chi connectivity index (χ4v) is 3.53. The number of piperidine rings is 2. The van der Waals surface area contributed by atoms with Crippen molar-refractivity contribution in [3.05, 3.63) is 23.1 Å². The van der Waals surface area contributed by atoms with E-state index in [1.165, 1.54) is 38.6 Å². The Hall–Kier alpha value is -1.00. The molecule has 0 N–H and O–H groups in total. The van der Waals surface area contributed by atoms with Crippen molar-refractivity contribution in [2.24, 2.45) is 0 Å². The van der Waals surface area contributed by atoms with Crippen LogP contribution in [0.4, 0.5) is 0 Å². The van der Waals surface area contributed by atoms with E-state index in [1.54, 1.807) is 6.07 Å². The molecule has 0 aromatic carbocycles. The number of carbonyl (C=O) groups excluding carboxylic acids is 1. The van der Waals surface area contributed by atoms with E-state index in [-0.39, 0.29) is 11.1 Å². The second-order valence-electron chi connectivity index (χ2n) is 5.73. The van der Waals surface area contributed by atoms with Crippen LogP contribution in [0.5, 0.6) is 0 Å². The van der Waals surface area contributed by atoms with E-state index in [0.717, 1.165) is 25.9 Å². The van der Waals surface area contributed by atoms with Gasteiger partial charge in [-0.25, -0.2) is 0 Å². The number of halogens is 1. The Labute approximate surface area is 124 Å². The Bertz CT molecular complexity index is 460. The first kappa shape index (κ1) is 14.0. The Kier molecular flexibility index (Phi) is 4.32. The first-order valence-electron chi connectivity index (χ1n) is 7.52. The molecule has 0 unspecified atom stereocenters. The van der Waals surface area contributed by atoms with Crippen LogP contribution in [-0.4, -0.2) is 47.9 Å². The molecule has 4 nitrogen and oxygen atoms in total. The average Bonchev–Trinajstić information content (AvgIpc) is 2.94. The molecule has 2 aliphatic heterocycles. The van der Waals surface area contributed by atoms with E-state index in [0.29, 0.717) is 11.6 Å². The van der Waals surface area contributed by atoms with E-state index in [1.807, 2.05) is 4.90 Å². The zero-order valence-electron chi connectivity index (χ0n) is 11.7. The third-order valence-corrected chi connectivity index (χ3v) is 4.80. The molecule has 1 aromatic heterocycles. The van der Waals surface area contributed by atoms with Gasteiger partial charge in [0.25, 0.3) is 5.91 Å². The standard InChI is InChI=1S/C15H21ClN2O2/c16-14-13(6-11-20-14)15(19)18-9-4-12(5-10-18)17-7-2-1-3-8-17/h6,11-12H,1-5,7-10H2. The number of hydrogen-bond acceptors (Lipinski definition) is 3. The summed E-state index contributed by atoms with van der Waals surface area (Å²) in [5.41, 5.74) is 0.489. The van der Waals surface area contributed by atoms with Crippen molar-refractivity contribution in [3.8, 4) is 0 Å². The lowest BCUT2D eigenvalue weighted by Gasteiger charge is -2.40. The van der Waals surface area contributed by atoms with E-state index in [9.17, 15) is 4.79 Å². The largest absolute Gasteiger partial charge is 0.452 e. The van der Waals surface area contributed by atoms with Crippen molar-refractivity contribution in [3.63, 3.8) is 0 Å². The van der Waals surface area contributed by atoms with Crippen LogP contribution in [0, 0.1) is 0 Å². The number of amides is 1. The van der Waals surface area contributed by atoms with Crippen molar-refractivity contribution in [1.82, 2.24) is 9.80 Å². The zero-order chi connectivity index (χ0) is 13.9. The summed E-state index contributed by atoms with van der Waals surface area (Å²) in [7, 11) is 0. The molecule has 0 spiro atoms. The average molecular weight is 297 g/mol. The molecule has 1 amide bonds. The lowest BCUT2D eigenvalue weighted by molar-refractivity contribution is 0.0589. The van der Waals surface area contributed by atoms with Gasteiger partial charge in [-0.3, -0.25) is 4.79 Å². The molecule has 2 fully saturated rings. The highest BCUT2D eigenvalue weighted by molar-refractivity contribution is 6.32. The highest BCUT2D eigenvalue weighted by Gasteiger charge is 2.29. The summed E-state index contributed by atoms with van der Waals surface area (Å²) in [5.74, 6) is 0.000782. The van der Waals surface area contributed by atoms with Crippen molar-refractivity contribution in [2.75, 3.05) is 26.2 Å². The molecule has 0 saturated carbocycles. The summed E-state index contributed by atoms with van der Waals surface area (Å²) in [6.45, 7) is 4.10. The monoisotopic (exact) mass is 296 g/mol. The predicted octanol–water partition coefficient (Wildman–Crippen LogP) is 3.02. The Balaban J connectivity index is 1.55. The predicted molar refractivity (Wildman–Crippen MR) is 78.1 cm³/mol. The second kappa shape index (κ2) is 6.19. The van der Waals surface area contributed by atoms with Crippen LogP contribution < -0.4 is 0 Å². The molecule has 2 saturated heterocycles. The summed E-state index contributed by atoms with van der Waals surface area (Å²) in [5, 5.41) is 0.202. The number of carbonyl (C=O) groups is 1. The van der Waals surface area contributed by atoms with Gasteiger partial charge in [-0.05, 0) is 56.4 Å². The molecule has 0 atom stereocenters. The molecule has 2 aliphatic rings. The maximum absolute atomic E-state index is 12.3. The SMILES string of the molecule is O=C(c1ccoc1Cl)N1CCC(N2CCCCC2)CC1. The van der Waals surface area contributed by atoms with Crippen LogP contribution in [0.25, 0.3) is 0 Å². The van der Waals surface area contributed by atoms with Gasteiger partial charge >= 0.3 is 0 Å². The summed E-state index contributed by atoms with van der Waals surface area (Å²) < 4.78 is 5.00. The van der Waals surface area contributed by atoms with E-state index in [2.05, 4.69) is 4.90 Å². The first-order chi connectivity index (χ1) is 9.75. The summed E-state index contributed by atoms with van der Waals surface area (Å²) >= 11 is 5.88. The molecule has 3 heterocycles. The van der Waals surface area contributed by atoms with Crippen LogP contribution in [0.15, 0.2) is 16.7 Å². The molecule has 1 aromatic rings. The third kappa shape index (κ3) is 2.86. The minimum atomic E-state index is 0.000782. The van der Waals surface area contributed by atoms with E-state index in [4.69, 9.17) is 16.0 Å². The zero-order valence-corrected chi connectivity index (χ0v) is 12.4. The molecular weight excluding hydrogens is 276 g/mol. The smallest absolute Gasteiger partial charge is 0.258 e. The van der Waals surface area contributed by atoms with Crippen molar-refractivity contribution in [1.29, 1.82) is 0 Å². The molecule has 20 heavy (non-hydrogen) atoms. The molecule has 5 heteroatoms. The summed E-state index contributed by atoms with van der Waals surface area (Å²) in [4.78, 5) is 16.8. The van der Waals surface area contributed by atoms with Gasteiger partial charge in [0.1, 0.15) is 0 Å². The second-order valence-corrected chi connectivity index (χ2v) is 6.07. The van der Waals surface area contributed by atoms with Gasteiger partial charge in [0.15, 0.2) is 0 Å². The number of furan rings is 1.